The Morgan fingerprint density at radius 3 is 2.65 bits per heavy atom. The Morgan fingerprint density at radius 1 is 1.20 bits per heavy atom. The second kappa shape index (κ2) is 6.88. The lowest BCUT2D eigenvalue weighted by Gasteiger charge is -2.21. The van der Waals surface area contributed by atoms with Gasteiger partial charge in [0, 0.05) is 23.2 Å². The molecule has 106 valence electrons. The van der Waals surface area contributed by atoms with Crippen LogP contribution in [0.5, 0.6) is 0 Å². The van der Waals surface area contributed by atoms with Crippen LogP contribution in [0.2, 0.25) is 0 Å². The van der Waals surface area contributed by atoms with Gasteiger partial charge in [0.1, 0.15) is 0 Å². The molecule has 0 radical (unpaired) electrons. The molecule has 1 unspecified atom stereocenters. The third-order valence-corrected chi connectivity index (χ3v) is 3.95. The molecule has 2 aromatic rings. The molecule has 3 N–H and O–H groups in total. The van der Waals surface area contributed by atoms with Gasteiger partial charge >= 0.3 is 0 Å². The standard InChI is InChI=1S/C16H19BrN2O/c1-19(10-13-5-2-3-8-15(13)17)11-16(20)12-6-4-7-14(18)9-12/h2-9,16,20H,10-11,18H2,1H3. The SMILES string of the molecule is CN(Cc1ccccc1Br)CC(O)c1cccc(N)c1. The van der Waals surface area contributed by atoms with Crippen molar-refractivity contribution in [3.8, 4) is 0 Å². The topological polar surface area (TPSA) is 49.5 Å². The first-order valence-electron chi connectivity index (χ1n) is 6.51. The summed E-state index contributed by atoms with van der Waals surface area (Å²) in [5.41, 5.74) is 8.47. The molecule has 0 heterocycles. The van der Waals surface area contributed by atoms with Gasteiger partial charge in [-0.25, -0.2) is 0 Å². The number of hydrogen-bond donors (Lipinski definition) is 2. The molecule has 3 nitrogen and oxygen atoms in total. The quantitative estimate of drug-likeness (QED) is 0.825. The monoisotopic (exact) mass is 334 g/mol. The van der Waals surface area contributed by atoms with Gasteiger partial charge in [-0.2, -0.15) is 0 Å². The average molecular weight is 335 g/mol. The number of aliphatic hydroxyl groups is 1. The van der Waals surface area contributed by atoms with Crippen LogP contribution < -0.4 is 5.73 Å². The van der Waals surface area contributed by atoms with Crippen LogP contribution in [-0.2, 0) is 6.54 Å². The minimum atomic E-state index is -0.536. The number of halogens is 1. The largest absolute Gasteiger partial charge is 0.399 e. The Kier molecular flexibility index (Phi) is 5.17. The number of nitrogens with two attached hydrogens (primary N) is 1. The number of hydrogen-bond acceptors (Lipinski definition) is 3. The molecule has 2 aromatic carbocycles. The Bertz CT molecular complexity index is 574. The van der Waals surface area contributed by atoms with Crippen molar-refractivity contribution >= 4 is 21.6 Å². The van der Waals surface area contributed by atoms with Crippen LogP contribution in [0.4, 0.5) is 5.69 Å². The van der Waals surface area contributed by atoms with E-state index in [2.05, 4.69) is 26.9 Å². The molecule has 0 amide bonds. The van der Waals surface area contributed by atoms with Crippen LogP contribution in [0.25, 0.3) is 0 Å². The first-order chi connectivity index (χ1) is 9.56. The molecule has 0 bridgehead atoms. The molecular weight excluding hydrogens is 316 g/mol. The van der Waals surface area contributed by atoms with E-state index in [0.717, 1.165) is 16.6 Å². The lowest BCUT2D eigenvalue weighted by atomic mass is 10.1. The number of benzene rings is 2. The van der Waals surface area contributed by atoms with E-state index in [1.54, 1.807) is 0 Å². The maximum absolute atomic E-state index is 10.3. The van der Waals surface area contributed by atoms with Crippen molar-refractivity contribution in [2.45, 2.75) is 12.6 Å². The highest BCUT2D eigenvalue weighted by Gasteiger charge is 2.12. The molecule has 1 atom stereocenters. The van der Waals surface area contributed by atoms with E-state index < -0.39 is 6.10 Å². The summed E-state index contributed by atoms with van der Waals surface area (Å²) in [4.78, 5) is 2.09. The van der Waals surface area contributed by atoms with Crippen molar-refractivity contribution in [2.75, 3.05) is 19.3 Å². The molecule has 0 aliphatic carbocycles. The minimum absolute atomic E-state index is 0.536. The van der Waals surface area contributed by atoms with Gasteiger partial charge in [0.05, 0.1) is 6.10 Å². The Morgan fingerprint density at radius 2 is 1.95 bits per heavy atom. The summed E-state index contributed by atoms with van der Waals surface area (Å²) in [6.45, 7) is 1.34. The van der Waals surface area contributed by atoms with Crippen LogP contribution in [0.1, 0.15) is 17.2 Å². The zero-order valence-corrected chi connectivity index (χ0v) is 13.0. The molecular formula is C16H19BrN2O. The van der Waals surface area contributed by atoms with Crippen LogP contribution >= 0.6 is 15.9 Å². The van der Waals surface area contributed by atoms with E-state index in [-0.39, 0.29) is 0 Å². The first-order valence-corrected chi connectivity index (χ1v) is 7.31. The summed E-state index contributed by atoms with van der Waals surface area (Å²) >= 11 is 3.54. The highest BCUT2D eigenvalue weighted by molar-refractivity contribution is 9.10. The van der Waals surface area contributed by atoms with Crippen LogP contribution in [0.3, 0.4) is 0 Å². The fraction of sp³-hybridized carbons (Fsp3) is 0.250. The van der Waals surface area contributed by atoms with Crippen LogP contribution in [0, 0.1) is 0 Å². The number of nitrogen functional groups attached to an aromatic ring is 1. The second-order valence-electron chi connectivity index (χ2n) is 4.97. The molecule has 0 fully saturated rings. The van der Waals surface area contributed by atoms with Gasteiger partial charge in [0.25, 0.3) is 0 Å². The summed E-state index contributed by atoms with van der Waals surface area (Å²) in [7, 11) is 1.99. The summed E-state index contributed by atoms with van der Waals surface area (Å²) < 4.78 is 1.09. The maximum atomic E-state index is 10.3. The molecule has 0 aromatic heterocycles. The van der Waals surface area contributed by atoms with Crippen molar-refractivity contribution < 1.29 is 5.11 Å². The molecule has 20 heavy (non-hydrogen) atoms. The molecule has 0 aliphatic rings. The van der Waals surface area contributed by atoms with Crippen molar-refractivity contribution in [3.63, 3.8) is 0 Å². The van der Waals surface area contributed by atoms with Crippen molar-refractivity contribution in [1.82, 2.24) is 4.90 Å². The fourth-order valence-corrected chi connectivity index (χ4v) is 2.56. The van der Waals surface area contributed by atoms with Crippen molar-refractivity contribution in [1.29, 1.82) is 0 Å². The van der Waals surface area contributed by atoms with Gasteiger partial charge < -0.3 is 10.8 Å². The molecule has 0 aliphatic heterocycles. The molecule has 4 heteroatoms. The maximum Gasteiger partial charge on any atom is 0.0917 e. The predicted molar refractivity (Wildman–Crippen MR) is 86.3 cm³/mol. The molecule has 0 saturated heterocycles. The Labute approximate surface area is 128 Å². The van der Waals surface area contributed by atoms with E-state index in [1.807, 2.05) is 49.5 Å². The fourth-order valence-electron chi connectivity index (χ4n) is 2.15. The molecule has 2 rings (SSSR count). The van der Waals surface area contributed by atoms with Crippen LogP contribution in [0.15, 0.2) is 53.0 Å². The Hall–Kier alpha value is -1.36. The predicted octanol–water partition coefficient (Wildman–Crippen LogP) is 3.20. The summed E-state index contributed by atoms with van der Waals surface area (Å²) in [6.07, 6.45) is -0.536. The lowest BCUT2D eigenvalue weighted by Crippen LogP contribution is -2.24. The van der Waals surface area contributed by atoms with Gasteiger partial charge in [-0.15, -0.1) is 0 Å². The third-order valence-electron chi connectivity index (χ3n) is 3.18. The highest BCUT2D eigenvalue weighted by Crippen LogP contribution is 2.20. The first kappa shape index (κ1) is 15.0. The molecule has 0 spiro atoms. The lowest BCUT2D eigenvalue weighted by molar-refractivity contribution is 0.124. The van der Waals surface area contributed by atoms with Crippen molar-refractivity contribution in [3.05, 3.63) is 64.1 Å². The number of rotatable bonds is 5. The number of nitrogens with zero attached hydrogens (tertiary/aromatic N) is 1. The third kappa shape index (κ3) is 4.07. The van der Waals surface area contributed by atoms with Gasteiger partial charge in [0.15, 0.2) is 0 Å². The zero-order valence-electron chi connectivity index (χ0n) is 11.5. The summed E-state index contributed by atoms with van der Waals surface area (Å²) in [5, 5.41) is 10.3. The zero-order chi connectivity index (χ0) is 14.5. The van der Waals surface area contributed by atoms with Gasteiger partial charge in [-0.1, -0.05) is 46.3 Å². The number of likely N-dealkylation sites (N-methyl/N-ethyl adjacent to an activating group) is 1. The van der Waals surface area contributed by atoms with Gasteiger partial charge in [-0.05, 0) is 36.4 Å². The summed E-state index contributed by atoms with van der Waals surface area (Å²) in [5.74, 6) is 0. The second-order valence-corrected chi connectivity index (χ2v) is 5.83. The molecule has 0 saturated carbocycles. The highest BCUT2D eigenvalue weighted by atomic mass is 79.9. The van der Waals surface area contributed by atoms with E-state index in [1.165, 1.54) is 5.56 Å². The minimum Gasteiger partial charge on any atom is -0.399 e. The summed E-state index contributed by atoms with van der Waals surface area (Å²) in [6, 6.07) is 15.5. The van der Waals surface area contributed by atoms with E-state index >= 15 is 0 Å². The van der Waals surface area contributed by atoms with Gasteiger partial charge in [-0.3, -0.25) is 4.90 Å². The van der Waals surface area contributed by atoms with E-state index in [4.69, 9.17) is 5.73 Å². The Balaban J connectivity index is 1.98. The number of anilines is 1. The van der Waals surface area contributed by atoms with E-state index in [0.29, 0.717) is 12.2 Å². The van der Waals surface area contributed by atoms with Crippen LogP contribution in [-0.4, -0.2) is 23.6 Å². The smallest absolute Gasteiger partial charge is 0.0917 e. The number of aliphatic hydroxyl groups excluding tert-OH is 1. The van der Waals surface area contributed by atoms with Gasteiger partial charge in [0.2, 0.25) is 0 Å². The average Bonchev–Trinajstić information content (AvgIpc) is 2.41. The van der Waals surface area contributed by atoms with Crippen molar-refractivity contribution in [2.24, 2.45) is 0 Å². The van der Waals surface area contributed by atoms with E-state index in [9.17, 15) is 5.11 Å². The normalized spacial score (nSPS) is 12.6.